The summed E-state index contributed by atoms with van der Waals surface area (Å²) in [6, 6.07) is 8.81. The highest BCUT2D eigenvalue weighted by molar-refractivity contribution is 6.31. The average molecular weight is 280 g/mol. The van der Waals surface area contributed by atoms with Crippen LogP contribution in [0.1, 0.15) is 15.9 Å². The minimum atomic E-state index is -0.753. The van der Waals surface area contributed by atoms with Crippen LogP contribution in [0.25, 0.3) is 0 Å². The highest BCUT2D eigenvalue weighted by Crippen LogP contribution is 2.22. The molecule has 0 aliphatic heterocycles. The number of nitrogens with one attached hydrogen (secondary N) is 1. The Bertz CT molecular complexity index is 643. The Balaban J connectivity index is 2.26. The fourth-order valence-electron chi connectivity index (χ4n) is 1.61. The van der Waals surface area contributed by atoms with Gasteiger partial charge in [-0.25, -0.2) is 4.39 Å². The van der Waals surface area contributed by atoms with Crippen LogP contribution in [0.15, 0.2) is 36.4 Å². The van der Waals surface area contributed by atoms with Crippen LogP contribution in [0, 0.1) is 12.7 Å². The van der Waals surface area contributed by atoms with Gasteiger partial charge in [-0.2, -0.15) is 0 Å². The largest absolute Gasteiger partial charge is 0.508 e. The summed E-state index contributed by atoms with van der Waals surface area (Å²) in [5.74, 6) is -1.21. The van der Waals surface area contributed by atoms with E-state index in [2.05, 4.69) is 5.32 Å². The number of aromatic hydroxyl groups is 1. The first-order valence-corrected chi connectivity index (χ1v) is 5.92. The van der Waals surface area contributed by atoms with Gasteiger partial charge in [0.05, 0.1) is 10.6 Å². The minimum absolute atomic E-state index is 0.102. The average Bonchev–Trinajstić information content (AvgIpc) is 2.37. The van der Waals surface area contributed by atoms with E-state index in [4.69, 9.17) is 11.6 Å². The standard InChI is InChI=1S/C14H11ClFNO2/c1-8-7-9(5-6-12(8)18)17-14(19)10-3-2-4-11(15)13(10)16/h2-7,18H,1H3,(H,17,19). The lowest BCUT2D eigenvalue weighted by Crippen LogP contribution is -2.13. The summed E-state index contributed by atoms with van der Waals surface area (Å²) in [6.07, 6.45) is 0. The highest BCUT2D eigenvalue weighted by atomic mass is 35.5. The lowest BCUT2D eigenvalue weighted by atomic mass is 10.1. The van der Waals surface area contributed by atoms with E-state index in [1.54, 1.807) is 13.0 Å². The van der Waals surface area contributed by atoms with Crippen molar-refractivity contribution >= 4 is 23.2 Å². The van der Waals surface area contributed by atoms with Crippen molar-refractivity contribution in [3.63, 3.8) is 0 Å². The first kappa shape index (κ1) is 13.4. The van der Waals surface area contributed by atoms with Gasteiger partial charge in [0.15, 0.2) is 5.82 Å². The van der Waals surface area contributed by atoms with Crippen molar-refractivity contribution in [2.45, 2.75) is 6.92 Å². The molecule has 0 saturated carbocycles. The third kappa shape index (κ3) is 2.85. The first-order valence-electron chi connectivity index (χ1n) is 5.54. The highest BCUT2D eigenvalue weighted by Gasteiger charge is 2.14. The van der Waals surface area contributed by atoms with Crippen LogP contribution >= 0.6 is 11.6 Å². The van der Waals surface area contributed by atoms with Gasteiger partial charge in [0, 0.05) is 5.69 Å². The quantitative estimate of drug-likeness (QED) is 0.823. The third-order valence-corrected chi connectivity index (χ3v) is 2.94. The van der Waals surface area contributed by atoms with Crippen molar-refractivity contribution in [2.75, 3.05) is 5.32 Å². The first-order chi connectivity index (χ1) is 8.99. The molecule has 2 aromatic rings. The second-order valence-electron chi connectivity index (χ2n) is 4.06. The van der Waals surface area contributed by atoms with Gasteiger partial charge in [0.25, 0.3) is 5.91 Å². The second kappa shape index (κ2) is 5.28. The number of hydrogen-bond donors (Lipinski definition) is 2. The zero-order chi connectivity index (χ0) is 14.0. The molecule has 2 rings (SSSR count). The van der Waals surface area contributed by atoms with Gasteiger partial charge in [0.2, 0.25) is 0 Å². The molecule has 0 atom stereocenters. The van der Waals surface area contributed by atoms with Gasteiger partial charge >= 0.3 is 0 Å². The molecule has 0 unspecified atom stereocenters. The van der Waals surface area contributed by atoms with Gasteiger partial charge in [-0.1, -0.05) is 17.7 Å². The van der Waals surface area contributed by atoms with Gasteiger partial charge in [0.1, 0.15) is 5.75 Å². The van der Waals surface area contributed by atoms with Crippen LogP contribution < -0.4 is 5.32 Å². The molecule has 5 heteroatoms. The summed E-state index contributed by atoms with van der Waals surface area (Å²) in [5, 5.41) is 11.8. The Labute approximate surface area is 114 Å². The van der Waals surface area contributed by atoms with E-state index in [-0.39, 0.29) is 16.3 Å². The number of hydrogen-bond acceptors (Lipinski definition) is 2. The topological polar surface area (TPSA) is 49.3 Å². The zero-order valence-electron chi connectivity index (χ0n) is 10.1. The molecule has 1 amide bonds. The van der Waals surface area contributed by atoms with E-state index in [1.807, 2.05) is 0 Å². The van der Waals surface area contributed by atoms with Crippen molar-refractivity contribution in [2.24, 2.45) is 0 Å². The molecule has 0 aliphatic rings. The van der Waals surface area contributed by atoms with Crippen LogP contribution in [0.4, 0.5) is 10.1 Å². The Morgan fingerprint density at radius 1 is 1.32 bits per heavy atom. The molecule has 0 radical (unpaired) electrons. The van der Waals surface area contributed by atoms with Crippen molar-refractivity contribution in [3.8, 4) is 5.75 Å². The molecule has 0 saturated heterocycles. The molecular weight excluding hydrogens is 269 g/mol. The summed E-state index contributed by atoms with van der Waals surface area (Å²) >= 11 is 5.62. The second-order valence-corrected chi connectivity index (χ2v) is 4.46. The molecule has 0 aliphatic carbocycles. The summed E-state index contributed by atoms with van der Waals surface area (Å²) in [4.78, 5) is 11.9. The molecule has 98 valence electrons. The Morgan fingerprint density at radius 2 is 2.05 bits per heavy atom. The molecule has 0 fully saturated rings. The Hall–Kier alpha value is -2.07. The molecule has 0 bridgehead atoms. The number of amides is 1. The Morgan fingerprint density at radius 3 is 2.74 bits per heavy atom. The smallest absolute Gasteiger partial charge is 0.258 e. The molecule has 19 heavy (non-hydrogen) atoms. The monoisotopic (exact) mass is 279 g/mol. The number of phenols is 1. The Kier molecular flexibility index (Phi) is 3.71. The lowest BCUT2D eigenvalue weighted by molar-refractivity contribution is 0.102. The third-order valence-electron chi connectivity index (χ3n) is 2.65. The number of anilines is 1. The zero-order valence-corrected chi connectivity index (χ0v) is 10.8. The van der Waals surface area contributed by atoms with Crippen molar-refractivity contribution < 1.29 is 14.3 Å². The van der Waals surface area contributed by atoms with Gasteiger partial charge in [-0.15, -0.1) is 0 Å². The number of carbonyl (C=O) groups excluding carboxylic acids is 1. The number of halogens is 2. The summed E-state index contributed by atoms with van der Waals surface area (Å²) in [5.41, 5.74) is 0.960. The predicted molar refractivity (Wildman–Crippen MR) is 72.2 cm³/mol. The molecule has 2 aromatic carbocycles. The van der Waals surface area contributed by atoms with Gasteiger partial charge in [-0.3, -0.25) is 4.79 Å². The number of aryl methyl sites for hydroxylation is 1. The number of benzene rings is 2. The predicted octanol–water partition coefficient (Wildman–Crippen LogP) is 3.75. The number of carbonyl (C=O) groups is 1. The van der Waals surface area contributed by atoms with E-state index >= 15 is 0 Å². The molecule has 0 spiro atoms. The number of rotatable bonds is 2. The van der Waals surface area contributed by atoms with Crippen molar-refractivity contribution in [1.82, 2.24) is 0 Å². The van der Waals surface area contributed by atoms with E-state index in [0.717, 1.165) is 0 Å². The molecule has 0 heterocycles. The van der Waals surface area contributed by atoms with Crippen LogP contribution in [-0.2, 0) is 0 Å². The van der Waals surface area contributed by atoms with E-state index in [0.29, 0.717) is 11.3 Å². The summed E-state index contributed by atoms with van der Waals surface area (Å²) < 4.78 is 13.7. The maximum Gasteiger partial charge on any atom is 0.258 e. The van der Waals surface area contributed by atoms with E-state index in [9.17, 15) is 14.3 Å². The molecule has 3 nitrogen and oxygen atoms in total. The lowest BCUT2D eigenvalue weighted by Gasteiger charge is -2.08. The van der Waals surface area contributed by atoms with E-state index in [1.165, 1.54) is 30.3 Å². The summed E-state index contributed by atoms with van der Waals surface area (Å²) in [6.45, 7) is 1.70. The molecular formula is C14H11ClFNO2. The minimum Gasteiger partial charge on any atom is -0.508 e. The van der Waals surface area contributed by atoms with Crippen LogP contribution in [0.2, 0.25) is 5.02 Å². The van der Waals surface area contributed by atoms with Gasteiger partial charge in [-0.05, 0) is 42.8 Å². The normalized spacial score (nSPS) is 10.3. The van der Waals surface area contributed by atoms with Crippen molar-refractivity contribution in [1.29, 1.82) is 0 Å². The fraction of sp³-hybridized carbons (Fsp3) is 0.0714. The van der Waals surface area contributed by atoms with Crippen LogP contribution in [-0.4, -0.2) is 11.0 Å². The molecule has 2 N–H and O–H groups in total. The summed E-state index contributed by atoms with van der Waals surface area (Å²) in [7, 11) is 0. The molecule has 0 aromatic heterocycles. The van der Waals surface area contributed by atoms with Crippen molar-refractivity contribution in [3.05, 3.63) is 58.4 Å². The maximum absolute atomic E-state index is 13.7. The fourth-order valence-corrected chi connectivity index (χ4v) is 1.79. The van der Waals surface area contributed by atoms with Crippen LogP contribution in [0.5, 0.6) is 5.75 Å². The van der Waals surface area contributed by atoms with Crippen LogP contribution in [0.3, 0.4) is 0 Å². The van der Waals surface area contributed by atoms with Gasteiger partial charge < -0.3 is 10.4 Å². The SMILES string of the molecule is Cc1cc(NC(=O)c2cccc(Cl)c2F)ccc1O. The maximum atomic E-state index is 13.7. The van der Waals surface area contributed by atoms with E-state index < -0.39 is 11.7 Å². The number of phenolic OH excluding ortho intramolecular Hbond substituents is 1.